The first-order chi connectivity index (χ1) is 13.7. The molecule has 0 radical (unpaired) electrons. The summed E-state index contributed by atoms with van der Waals surface area (Å²) in [6.07, 6.45) is 1.81. The molecule has 8 nitrogen and oxygen atoms in total. The number of ether oxygens (including phenoxy) is 2. The lowest BCUT2D eigenvalue weighted by molar-refractivity contribution is 0.122. The van der Waals surface area contributed by atoms with Crippen molar-refractivity contribution in [2.75, 3.05) is 69.4 Å². The third-order valence-electron chi connectivity index (χ3n) is 5.23. The largest absolute Gasteiger partial charge is 0.481 e. The summed E-state index contributed by atoms with van der Waals surface area (Å²) in [4.78, 5) is 20.7. The number of piperazine rings is 1. The van der Waals surface area contributed by atoms with Crippen molar-refractivity contribution >= 4 is 11.8 Å². The lowest BCUT2D eigenvalue weighted by Crippen LogP contribution is -2.46. The van der Waals surface area contributed by atoms with E-state index in [1.165, 1.54) is 5.56 Å². The lowest BCUT2D eigenvalue weighted by atomic mass is 10.2. The zero-order valence-corrected chi connectivity index (χ0v) is 16.7. The molecule has 0 unspecified atom stereocenters. The number of aryl methyl sites for hydroxylation is 1. The molecule has 0 spiro atoms. The molecule has 0 N–H and O–H groups in total. The summed E-state index contributed by atoms with van der Waals surface area (Å²) in [6.45, 7) is 10.1. The van der Waals surface area contributed by atoms with Gasteiger partial charge in [-0.15, -0.1) is 0 Å². The van der Waals surface area contributed by atoms with Crippen molar-refractivity contribution in [2.24, 2.45) is 0 Å². The van der Waals surface area contributed by atoms with Crippen LogP contribution in [0.4, 0.5) is 11.8 Å². The quantitative estimate of drug-likeness (QED) is 0.765. The SMILES string of the molecule is COc1cc(CN2CCN(c3cc(C)nc(N4CCOCC4)n3)CC2)ccn1. The maximum atomic E-state index is 5.45. The minimum atomic E-state index is 0.670. The van der Waals surface area contributed by atoms with Crippen LogP contribution < -0.4 is 14.5 Å². The first-order valence-corrected chi connectivity index (χ1v) is 9.86. The molecule has 2 aliphatic rings. The van der Waals surface area contributed by atoms with E-state index in [0.717, 1.165) is 76.5 Å². The van der Waals surface area contributed by atoms with Crippen LogP contribution in [0.5, 0.6) is 5.88 Å². The van der Waals surface area contributed by atoms with Gasteiger partial charge < -0.3 is 19.3 Å². The number of aromatic nitrogens is 3. The highest BCUT2D eigenvalue weighted by Crippen LogP contribution is 2.20. The van der Waals surface area contributed by atoms with E-state index in [2.05, 4.69) is 36.8 Å². The Balaban J connectivity index is 1.38. The molecule has 2 saturated heterocycles. The maximum Gasteiger partial charge on any atom is 0.227 e. The molecule has 0 amide bonds. The number of pyridine rings is 1. The topological polar surface area (TPSA) is 66.9 Å². The third-order valence-corrected chi connectivity index (χ3v) is 5.23. The van der Waals surface area contributed by atoms with Crippen LogP contribution in [0.1, 0.15) is 11.3 Å². The fourth-order valence-corrected chi connectivity index (χ4v) is 3.66. The Labute approximate surface area is 166 Å². The van der Waals surface area contributed by atoms with Gasteiger partial charge in [-0.3, -0.25) is 4.90 Å². The molecule has 4 heterocycles. The van der Waals surface area contributed by atoms with Crippen LogP contribution in [-0.4, -0.2) is 79.4 Å². The maximum absolute atomic E-state index is 5.45. The molecule has 0 aromatic carbocycles. The van der Waals surface area contributed by atoms with E-state index in [0.29, 0.717) is 5.88 Å². The Kier molecular flexibility index (Phi) is 5.87. The summed E-state index contributed by atoms with van der Waals surface area (Å²) < 4.78 is 10.7. The molecule has 28 heavy (non-hydrogen) atoms. The predicted molar refractivity (Wildman–Crippen MR) is 108 cm³/mol. The second-order valence-corrected chi connectivity index (χ2v) is 7.24. The molecule has 0 atom stereocenters. The highest BCUT2D eigenvalue weighted by molar-refractivity contribution is 5.46. The summed E-state index contributed by atoms with van der Waals surface area (Å²) in [6, 6.07) is 6.15. The Morgan fingerprint density at radius 1 is 1.00 bits per heavy atom. The van der Waals surface area contributed by atoms with Gasteiger partial charge in [-0.2, -0.15) is 4.98 Å². The third kappa shape index (κ3) is 4.51. The molecular formula is C20H28N6O2. The van der Waals surface area contributed by atoms with E-state index in [1.54, 1.807) is 13.3 Å². The van der Waals surface area contributed by atoms with Crippen molar-refractivity contribution in [3.8, 4) is 5.88 Å². The minimum absolute atomic E-state index is 0.670. The molecule has 0 aliphatic carbocycles. The van der Waals surface area contributed by atoms with Crippen LogP contribution in [0, 0.1) is 6.92 Å². The van der Waals surface area contributed by atoms with Crippen molar-refractivity contribution in [1.29, 1.82) is 0 Å². The van der Waals surface area contributed by atoms with E-state index in [1.807, 2.05) is 13.0 Å². The first kappa shape index (κ1) is 18.9. The lowest BCUT2D eigenvalue weighted by Gasteiger charge is -2.36. The fraction of sp³-hybridized carbons (Fsp3) is 0.550. The Morgan fingerprint density at radius 3 is 2.54 bits per heavy atom. The van der Waals surface area contributed by atoms with E-state index < -0.39 is 0 Å². The number of anilines is 2. The fourth-order valence-electron chi connectivity index (χ4n) is 3.66. The van der Waals surface area contributed by atoms with Gasteiger partial charge in [0.15, 0.2) is 0 Å². The van der Waals surface area contributed by atoms with Crippen LogP contribution in [0.2, 0.25) is 0 Å². The Hall–Kier alpha value is -2.45. The van der Waals surface area contributed by atoms with Gasteiger partial charge in [0, 0.05) is 69.8 Å². The molecule has 2 aromatic rings. The first-order valence-electron chi connectivity index (χ1n) is 9.86. The molecule has 0 saturated carbocycles. The van der Waals surface area contributed by atoms with Gasteiger partial charge >= 0.3 is 0 Å². The minimum Gasteiger partial charge on any atom is -0.481 e. The van der Waals surface area contributed by atoms with Crippen LogP contribution in [0.3, 0.4) is 0 Å². The van der Waals surface area contributed by atoms with Gasteiger partial charge in [-0.05, 0) is 18.6 Å². The van der Waals surface area contributed by atoms with Crippen molar-refractivity contribution in [2.45, 2.75) is 13.5 Å². The summed E-state index contributed by atoms with van der Waals surface area (Å²) in [7, 11) is 1.65. The number of rotatable bonds is 5. The van der Waals surface area contributed by atoms with E-state index in [9.17, 15) is 0 Å². The van der Waals surface area contributed by atoms with Crippen LogP contribution in [-0.2, 0) is 11.3 Å². The summed E-state index contributed by atoms with van der Waals surface area (Å²) in [5.41, 5.74) is 2.24. The summed E-state index contributed by atoms with van der Waals surface area (Å²) in [5, 5.41) is 0. The number of morpholine rings is 1. The Morgan fingerprint density at radius 2 is 1.79 bits per heavy atom. The zero-order chi connectivity index (χ0) is 19.3. The smallest absolute Gasteiger partial charge is 0.227 e. The average molecular weight is 384 g/mol. The number of methoxy groups -OCH3 is 1. The van der Waals surface area contributed by atoms with E-state index >= 15 is 0 Å². The van der Waals surface area contributed by atoms with Gasteiger partial charge in [-0.25, -0.2) is 9.97 Å². The summed E-state index contributed by atoms with van der Waals surface area (Å²) in [5.74, 6) is 2.52. The molecule has 0 bridgehead atoms. The highest BCUT2D eigenvalue weighted by Gasteiger charge is 2.21. The standard InChI is InChI=1S/C20H28N6O2/c1-16-13-18(23-20(22-16)26-9-11-28-12-10-26)25-7-5-24(6-8-25)15-17-3-4-21-19(14-17)27-2/h3-4,13-14H,5-12,15H2,1-2H3. The Bertz CT molecular complexity index is 788. The number of hydrogen-bond acceptors (Lipinski definition) is 8. The molecule has 150 valence electrons. The molecule has 2 aromatic heterocycles. The van der Waals surface area contributed by atoms with E-state index in [4.69, 9.17) is 14.5 Å². The van der Waals surface area contributed by atoms with Crippen molar-refractivity contribution in [3.63, 3.8) is 0 Å². The van der Waals surface area contributed by atoms with Crippen molar-refractivity contribution in [1.82, 2.24) is 19.9 Å². The molecule has 2 aliphatic heterocycles. The predicted octanol–water partition coefficient (Wildman–Crippen LogP) is 1.35. The monoisotopic (exact) mass is 384 g/mol. The van der Waals surface area contributed by atoms with E-state index in [-0.39, 0.29) is 0 Å². The van der Waals surface area contributed by atoms with Gasteiger partial charge in [0.1, 0.15) is 5.82 Å². The van der Waals surface area contributed by atoms with Crippen LogP contribution in [0.25, 0.3) is 0 Å². The average Bonchev–Trinajstić information content (AvgIpc) is 2.74. The van der Waals surface area contributed by atoms with Crippen LogP contribution >= 0.6 is 0 Å². The van der Waals surface area contributed by atoms with Gasteiger partial charge in [0.25, 0.3) is 0 Å². The second-order valence-electron chi connectivity index (χ2n) is 7.24. The number of hydrogen-bond donors (Lipinski definition) is 0. The van der Waals surface area contributed by atoms with Crippen molar-refractivity contribution < 1.29 is 9.47 Å². The van der Waals surface area contributed by atoms with Crippen molar-refractivity contribution in [3.05, 3.63) is 35.7 Å². The second kappa shape index (κ2) is 8.70. The normalized spacial score (nSPS) is 18.4. The number of nitrogens with zero attached hydrogens (tertiary/aromatic N) is 6. The van der Waals surface area contributed by atoms with Crippen LogP contribution in [0.15, 0.2) is 24.4 Å². The van der Waals surface area contributed by atoms with Gasteiger partial charge in [-0.1, -0.05) is 0 Å². The zero-order valence-electron chi connectivity index (χ0n) is 16.7. The van der Waals surface area contributed by atoms with Gasteiger partial charge in [0.2, 0.25) is 11.8 Å². The molecule has 2 fully saturated rings. The van der Waals surface area contributed by atoms with Gasteiger partial charge in [0.05, 0.1) is 20.3 Å². The highest BCUT2D eigenvalue weighted by atomic mass is 16.5. The summed E-state index contributed by atoms with van der Waals surface area (Å²) >= 11 is 0. The molecule has 4 rings (SSSR count). The molecule has 8 heteroatoms. The molecular weight excluding hydrogens is 356 g/mol.